The van der Waals surface area contributed by atoms with Crippen LogP contribution in [0, 0.1) is 5.82 Å². The summed E-state index contributed by atoms with van der Waals surface area (Å²) >= 11 is 5.59. The fourth-order valence-corrected chi connectivity index (χ4v) is 1.31. The molecule has 2 nitrogen and oxygen atoms in total. The van der Waals surface area contributed by atoms with E-state index in [1.54, 1.807) is 6.07 Å². The molecule has 78 valence electrons. The molecule has 0 aliphatic rings. The average Bonchev–Trinajstić information content (AvgIpc) is 2.17. The fourth-order valence-electron chi connectivity index (χ4n) is 1.11. The van der Waals surface area contributed by atoms with E-state index in [0.717, 1.165) is 5.56 Å². The molecule has 0 saturated heterocycles. The van der Waals surface area contributed by atoms with Gasteiger partial charge in [-0.3, -0.25) is 0 Å². The molecule has 14 heavy (non-hydrogen) atoms. The molecule has 0 spiro atoms. The number of ether oxygens (including phenoxy) is 2. The van der Waals surface area contributed by atoms with Gasteiger partial charge in [-0.1, -0.05) is 0 Å². The van der Waals surface area contributed by atoms with Gasteiger partial charge in [-0.15, -0.1) is 11.6 Å². The van der Waals surface area contributed by atoms with Crippen LogP contribution in [0.5, 0.6) is 5.75 Å². The molecule has 0 N–H and O–H groups in total. The number of halogens is 2. The lowest BCUT2D eigenvalue weighted by molar-refractivity contribution is 0.0504. The van der Waals surface area contributed by atoms with Crippen LogP contribution >= 0.6 is 11.6 Å². The molecular weight excluding hydrogens is 207 g/mol. The third kappa shape index (κ3) is 3.16. The number of alkyl halides is 1. The number of aryl methyl sites for hydroxylation is 1. The zero-order valence-corrected chi connectivity index (χ0v) is 8.68. The first kappa shape index (κ1) is 11.3. The van der Waals surface area contributed by atoms with Crippen LogP contribution in [0.15, 0.2) is 18.2 Å². The highest BCUT2D eigenvalue weighted by Gasteiger charge is 2.04. The van der Waals surface area contributed by atoms with E-state index in [9.17, 15) is 4.39 Å². The third-order valence-corrected chi connectivity index (χ3v) is 1.91. The molecule has 0 fully saturated rings. The molecule has 1 aromatic rings. The summed E-state index contributed by atoms with van der Waals surface area (Å²) in [6.45, 7) is 0.154. The van der Waals surface area contributed by atoms with Gasteiger partial charge in [-0.25, -0.2) is 4.39 Å². The van der Waals surface area contributed by atoms with E-state index in [2.05, 4.69) is 0 Å². The molecule has 0 amide bonds. The van der Waals surface area contributed by atoms with Gasteiger partial charge in [0.2, 0.25) is 0 Å². The van der Waals surface area contributed by atoms with Gasteiger partial charge < -0.3 is 9.47 Å². The Kier molecular flexibility index (Phi) is 4.70. The smallest absolute Gasteiger partial charge is 0.188 e. The third-order valence-electron chi connectivity index (χ3n) is 1.72. The molecule has 0 radical (unpaired) electrons. The maximum absolute atomic E-state index is 12.9. The van der Waals surface area contributed by atoms with Crippen molar-refractivity contribution in [3.05, 3.63) is 29.6 Å². The monoisotopic (exact) mass is 218 g/mol. The molecule has 0 aliphatic carbocycles. The zero-order valence-electron chi connectivity index (χ0n) is 7.93. The quantitative estimate of drug-likeness (QED) is 0.559. The summed E-state index contributed by atoms with van der Waals surface area (Å²) in [6, 6.07) is 4.35. The number of hydrogen-bond acceptors (Lipinski definition) is 2. The van der Waals surface area contributed by atoms with Gasteiger partial charge in [0.15, 0.2) is 6.79 Å². The highest BCUT2D eigenvalue weighted by molar-refractivity contribution is 6.18. The Bertz CT molecular complexity index is 291. The summed E-state index contributed by atoms with van der Waals surface area (Å²) in [5.74, 6) is 0.774. The van der Waals surface area contributed by atoms with E-state index in [1.807, 2.05) is 0 Å². The Morgan fingerprint density at radius 1 is 1.43 bits per heavy atom. The maximum Gasteiger partial charge on any atom is 0.188 e. The van der Waals surface area contributed by atoms with Gasteiger partial charge in [0, 0.05) is 13.0 Å². The minimum absolute atomic E-state index is 0.154. The Labute approximate surface area is 87.6 Å². The fraction of sp³-hybridized carbons (Fsp3) is 0.400. The molecule has 0 aliphatic heterocycles. The summed E-state index contributed by atoms with van der Waals surface area (Å²) < 4.78 is 22.9. The number of benzene rings is 1. The molecule has 1 aromatic carbocycles. The van der Waals surface area contributed by atoms with Crippen LogP contribution in [0.1, 0.15) is 5.56 Å². The first-order valence-corrected chi connectivity index (χ1v) is 4.77. The van der Waals surface area contributed by atoms with Crippen LogP contribution in [0.4, 0.5) is 4.39 Å². The van der Waals surface area contributed by atoms with Gasteiger partial charge in [-0.05, 0) is 30.2 Å². The van der Waals surface area contributed by atoms with Gasteiger partial charge in [-0.2, -0.15) is 0 Å². The van der Waals surface area contributed by atoms with Gasteiger partial charge in [0.1, 0.15) is 11.6 Å². The van der Waals surface area contributed by atoms with E-state index in [4.69, 9.17) is 21.1 Å². The number of rotatable bonds is 5. The van der Waals surface area contributed by atoms with Crippen molar-refractivity contribution in [2.75, 3.05) is 19.8 Å². The molecule has 0 heterocycles. The lowest BCUT2D eigenvalue weighted by Gasteiger charge is -2.09. The molecular formula is C10H12ClFO2. The van der Waals surface area contributed by atoms with E-state index < -0.39 is 0 Å². The van der Waals surface area contributed by atoms with Crippen molar-refractivity contribution in [1.29, 1.82) is 0 Å². The standard InChI is InChI=1S/C10H12ClFO2/c1-13-7-14-10-3-2-9(12)6-8(10)4-5-11/h2-3,6H,4-5,7H2,1H3. The van der Waals surface area contributed by atoms with Crippen molar-refractivity contribution in [1.82, 2.24) is 0 Å². The molecule has 1 rings (SSSR count). The summed E-state index contributed by atoms with van der Waals surface area (Å²) in [7, 11) is 1.53. The van der Waals surface area contributed by atoms with E-state index in [1.165, 1.54) is 19.2 Å². The highest BCUT2D eigenvalue weighted by Crippen LogP contribution is 2.20. The zero-order chi connectivity index (χ0) is 10.4. The van der Waals surface area contributed by atoms with Crippen molar-refractivity contribution in [3.63, 3.8) is 0 Å². The van der Waals surface area contributed by atoms with Crippen molar-refractivity contribution >= 4 is 11.6 Å². The Morgan fingerprint density at radius 2 is 2.21 bits per heavy atom. The van der Waals surface area contributed by atoms with E-state index >= 15 is 0 Å². The van der Waals surface area contributed by atoms with Crippen LogP contribution in [0.25, 0.3) is 0 Å². The van der Waals surface area contributed by atoms with Crippen molar-refractivity contribution in [2.45, 2.75) is 6.42 Å². The lowest BCUT2D eigenvalue weighted by Crippen LogP contribution is -2.02. The number of methoxy groups -OCH3 is 1. The van der Waals surface area contributed by atoms with Crippen molar-refractivity contribution in [2.24, 2.45) is 0 Å². The summed E-state index contributed by atoms with van der Waals surface area (Å²) in [4.78, 5) is 0. The minimum atomic E-state index is -0.283. The molecule has 0 saturated carbocycles. The van der Waals surface area contributed by atoms with Crippen LogP contribution in [0.2, 0.25) is 0 Å². The Hall–Kier alpha value is -0.800. The van der Waals surface area contributed by atoms with Gasteiger partial charge >= 0.3 is 0 Å². The normalized spacial score (nSPS) is 10.2. The average molecular weight is 219 g/mol. The maximum atomic E-state index is 12.9. The predicted molar refractivity (Wildman–Crippen MR) is 53.3 cm³/mol. The second-order valence-corrected chi connectivity index (χ2v) is 3.12. The first-order chi connectivity index (χ1) is 6.77. The van der Waals surface area contributed by atoms with Crippen LogP contribution in [-0.2, 0) is 11.2 Å². The highest BCUT2D eigenvalue weighted by atomic mass is 35.5. The predicted octanol–water partition coefficient (Wildman–Crippen LogP) is 2.59. The topological polar surface area (TPSA) is 18.5 Å². The lowest BCUT2D eigenvalue weighted by atomic mass is 10.1. The molecule has 0 unspecified atom stereocenters. The second kappa shape index (κ2) is 5.83. The van der Waals surface area contributed by atoms with Crippen LogP contribution in [0.3, 0.4) is 0 Å². The van der Waals surface area contributed by atoms with Crippen molar-refractivity contribution < 1.29 is 13.9 Å². The summed E-state index contributed by atoms with van der Waals surface area (Å²) in [5, 5.41) is 0. The molecule has 0 atom stereocenters. The minimum Gasteiger partial charge on any atom is -0.467 e. The molecule has 4 heteroatoms. The van der Waals surface area contributed by atoms with Gasteiger partial charge in [0.25, 0.3) is 0 Å². The van der Waals surface area contributed by atoms with Crippen LogP contribution in [-0.4, -0.2) is 19.8 Å². The van der Waals surface area contributed by atoms with E-state index in [0.29, 0.717) is 18.1 Å². The largest absolute Gasteiger partial charge is 0.467 e. The Morgan fingerprint density at radius 3 is 2.86 bits per heavy atom. The molecule has 0 aromatic heterocycles. The molecule has 0 bridgehead atoms. The second-order valence-electron chi connectivity index (χ2n) is 2.74. The van der Waals surface area contributed by atoms with Crippen molar-refractivity contribution in [3.8, 4) is 5.75 Å². The SMILES string of the molecule is COCOc1ccc(F)cc1CCCl. The number of hydrogen-bond donors (Lipinski definition) is 0. The Balaban J connectivity index is 2.78. The summed E-state index contributed by atoms with van der Waals surface area (Å²) in [5.41, 5.74) is 0.761. The van der Waals surface area contributed by atoms with E-state index in [-0.39, 0.29) is 12.6 Å². The summed E-state index contributed by atoms with van der Waals surface area (Å²) in [6.07, 6.45) is 0.582. The van der Waals surface area contributed by atoms with Gasteiger partial charge in [0.05, 0.1) is 0 Å². The first-order valence-electron chi connectivity index (χ1n) is 4.24. The van der Waals surface area contributed by atoms with Crippen LogP contribution < -0.4 is 4.74 Å².